The molecule has 0 spiro atoms. The summed E-state index contributed by atoms with van der Waals surface area (Å²) in [7, 11) is 0. The minimum absolute atomic E-state index is 0.103. The maximum absolute atomic E-state index is 6.06. The van der Waals surface area contributed by atoms with E-state index in [9.17, 15) is 0 Å². The van der Waals surface area contributed by atoms with Gasteiger partial charge in [-0.2, -0.15) is 11.3 Å². The maximum Gasteiger partial charge on any atom is 0.124 e. The van der Waals surface area contributed by atoms with Crippen LogP contribution >= 0.6 is 11.3 Å². The van der Waals surface area contributed by atoms with Crippen LogP contribution in [0.5, 0.6) is 5.75 Å². The van der Waals surface area contributed by atoms with Crippen LogP contribution < -0.4 is 10.1 Å². The van der Waals surface area contributed by atoms with Crippen molar-refractivity contribution in [2.45, 2.75) is 38.3 Å². The third-order valence-corrected chi connectivity index (χ3v) is 4.49. The number of hydrogen-bond acceptors (Lipinski definition) is 3. The smallest absolute Gasteiger partial charge is 0.124 e. The Bertz CT molecular complexity index is 562. The summed E-state index contributed by atoms with van der Waals surface area (Å²) in [5.74, 6) is 1.02. The van der Waals surface area contributed by atoms with Crippen LogP contribution in [-0.2, 0) is 6.42 Å². The molecule has 0 fully saturated rings. The molecule has 2 nitrogen and oxygen atoms in total. The predicted octanol–water partition coefficient (Wildman–Crippen LogP) is 4.18. The molecule has 1 N–H and O–H groups in total. The number of para-hydroxylation sites is 1. The monoisotopic (exact) mass is 287 g/mol. The molecule has 0 aliphatic carbocycles. The van der Waals surface area contributed by atoms with Crippen molar-refractivity contribution in [2.75, 3.05) is 6.54 Å². The van der Waals surface area contributed by atoms with E-state index in [4.69, 9.17) is 4.74 Å². The second-order valence-electron chi connectivity index (χ2n) is 5.99. The second kappa shape index (κ2) is 5.58. The molecule has 20 heavy (non-hydrogen) atoms. The zero-order valence-corrected chi connectivity index (χ0v) is 12.9. The molecule has 0 radical (unpaired) electrons. The molecule has 2 heterocycles. The summed E-state index contributed by atoms with van der Waals surface area (Å²) in [6.45, 7) is 5.33. The summed E-state index contributed by atoms with van der Waals surface area (Å²) in [5, 5.41) is 8.06. The molecule has 1 aliphatic heterocycles. The fourth-order valence-corrected chi connectivity index (χ4v) is 3.51. The van der Waals surface area contributed by atoms with Crippen molar-refractivity contribution in [3.05, 3.63) is 52.2 Å². The topological polar surface area (TPSA) is 21.3 Å². The van der Waals surface area contributed by atoms with E-state index in [0.717, 1.165) is 25.1 Å². The molecule has 3 rings (SSSR count). The molecule has 0 saturated carbocycles. The lowest BCUT2D eigenvalue weighted by Crippen LogP contribution is -2.39. The van der Waals surface area contributed by atoms with E-state index < -0.39 is 0 Å². The molecule has 0 amide bonds. The van der Waals surface area contributed by atoms with Crippen LogP contribution in [0.15, 0.2) is 41.1 Å². The van der Waals surface area contributed by atoms with Crippen LogP contribution in [-0.4, -0.2) is 12.1 Å². The van der Waals surface area contributed by atoms with E-state index in [1.807, 2.05) is 6.07 Å². The summed E-state index contributed by atoms with van der Waals surface area (Å²) in [6.07, 6.45) is 2.09. The molecular formula is C17H21NOS. The van der Waals surface area contributed by atoms with Gasteiger partial charge in [-0.3, -0.25) is 0 Å². The minimum atomic E-state index is -0.103. The van der Waals surface area contributed by atoms with Gasteiger partial charge in [-0.1, -0.05) is 18.2 Å². The number of rotatable bonds is 4. The van der Waals surface area contributed by atoms with Crippen LogP contribution in [0.2, 0.25) is 0 Å². The van der Waals surface area contributed by atoms with E-state index in [-0.39, 0.29) is 5.60 Å². The molecule has 0 saturated heterocycles. The molecule has 1 aromatic heterocycles. The van der Waals surface area contributed by atoms with Crippen LogP contribution in [0.4, 0.5) is 0 Å². The number of ether oxygens (including phenoxy) is 1. The van der Waals surface area contributed by atoms with Gasteiger partial charge < -0.3 is 10.1 Å². The second-order valence-corrected chi connectivity index (χ2v) is 6.77. The van der Waals surface area contributed by atoms with E-state index >= 15 is 0 Å². The Morgan fingerprint density at radius 1 is 1.30 bits per heavy atom. The van der Waals surface area contributed by atoms with E-state index in [1.54, 1.807) is 11.3 Å². The van der Waals surface area contributed by atoms with Gasteiger partial charge in [0.25, 0.3) is 0 Å². The summed E-state index contributed by atoms with van der Waals surface area (Å²) in [5.41, 5.74) is 2.60. The molecule has 2 aromatic rings. The van der Waals surface area contributed by atoms with Gasteiger partial charge in [-0.25, -0.2) is 0 Å². The Hall–Kier alpha value is -1.32. The van der Waals surface area contributed by atoms with E-state index in [1.165, 1.54) is 11.1 Å². The highest BCUT2D eigenvalue weighted by Gasteiger charge is 2.32. The first-order chi connectivity index (χ1) is 9.64. The van der Waals surface area contributed by atoms with Gasteiger partial charge in [0, 0.05) is 18.0 Å². The fourth-order valence-electron chi connectivity index (χ4n) is 2.81. The summed E-state index contributed by atoms with van der Waals surface area (Å²) in [6, 6.07) is 11.0. The Labute approximate surface area is 124 Å². The molecule has 0 bridgehead atoms. The van der Waals surface area contributed by atoms with Gasteiger partial charge in [0.05, 0.1) is 0 Å². The molecule has 106 valence electrons. The van der Waals surface area contributed by atoms with Gasteiger partial charge in [-0.15, -0.1) is 0 Å². The van der Waals surface area contributed by atoms with Crippen molar-refractivity contribution in [1.82, 2.24) is 5.32 Å². The molecule has 1 aromatic carbocycles. The standard InChI is InChI=1S/C17H21NOS/c1-17(2)11-15(14-5-3-4-6-16(14)19-17)18-9-7-13-8-10-20-12-13/h3-6,8,10,12,15,18H,7,9,11H2,1-2H3. The molecule has 1 atom stereocenters. The van der Waals surface area contributed by atoms with Gasteiger partial charge in [0.1, 0.15) is 11.4 Å². The Morgan fingerprint density at radius 2 is 2.15 bits per heavy atom. The van der Waals surface area contributed by atoms with Gasteiger partial charge in [0.2, 0.25) is 0 Å². The highest BCUT2D eigenvalue weighted by molar-refractivity contribution is 7.07. The lowest BCUT2D eigenvalue weighted by molar-refractivity contribution is 0.0662. The first-order valence-corrected chi connectivity index (χ1v) is 8.11. The van der Waals surface area contributed by atoms with Crippen molar-refractivity contribution in [3.8, 4) is 5.75 Å². The van der Waals surface area contributed by atoms with Crippen molar-refractivity contribution in [3.63, 3.8) is 0 Å². The average molecular weight is 287 g/mol. The normalized spacial score (nSPS) is 20.2. The first kappa shape index (κ1) is 13.7. The van der Waals surface area contributed by atoms with E-state index in [2.05, 4.69) is 54.2 Å². The Kier molecular flexibility index (Phi) is 3.81. The third kappa shape index (κ3) is 3.05. The van der Waals surface area contributed by atoms with Gasteiger partial charge in [0.15, 0.2) is 0 Å². The summed E-state index contributed by atoms with van der Waals surface area (Å²) < 4.78 is 6.06. The fraction of sp³-hybridized carbons (Fsp3) is 0.412. The van der Waals surface area contributed by atoms with Gasteiger partial charge >= 0.3 is 0 Å². The third-order valence-electron chi connectivity index (χ3n) is 3.76. The number of fused-ring (bicyclic) bond motifs is 1. The summed E-state index contributed by atoms with van der Waals surface area (Å²) in [4.78, 5) is 0. The zero-order chi connectivity index (χ0) is 14.0. The molecular weight excluding hydrogens is 266 g/mol. The molecule has 1 unspecified atom stereocenters. The highest BCUT2D eigenvalue weighted by atomic mass is 32.1. The highest BCUT2D eigenvalue weighted by Crippen LogP contribution is 2.39. The Morgan fingerprint density at radius 3 is 2.95 bits per heavy atom. The van der Waals surface area contributed by atoms with E-state index in [0.29, 0.717) is 6.04 Å². The van der Waals surface area contributed by atoms with Crippen molar-refractivity contribution in [1.29, 1.82) is 0 Å². The number of thiophene rings is 1. The zero-order valence-electron chi connectivity index (χ0n) is 12.1. The van der Waals surface area contributed by atoms with Crippen LogP contribution in [0.3, 0.4) is 0 Å². The lowest BCUT2D eigenvalue weighted by Gasteiger charge is -2.38. The first-order valence-electron chi connectivity index (χ1n) is 7.16. The van der Waals surface area contributed by atoms with Crippen LogP contribution in [0.1, 0.15) is 37.4 Å². The maximum atomic E-state index is 6.06. The number of nitrogens with one attached hydrogen (secondary N) is 1. The van der Waals surface area contributed by atoms with Gasteiger partial charge in [-0.05, 0) is 55.3 Å². The number of benzene rings is 1. The summed E-state index contributed by atoms with van der Waals surface area (Å²) >= 11 is 1.77. The van der Waals surface area contributed by atoms with Crippen molar-refractivity contribution < 1.29 is 4.74 Å². The lowest BCUT2D eigenvalue weighted by atomic mass is 9.89. The van der Waals surface area contributed by atoms with Crippen LogP contribution in [0.25, 0.3) is 0 Å². The largest absolute Gasteiger partial charge is 0.487 e. The quantitative estimate of drug-likeness (QED) is 0.910. The predicted molar refractivity (Wildman–Crippen MR) is 84.5 cm³/mol. The minimum Gasteiger partial charge on any atom is -0.487 e. The SMILES string of the molecule is CC1(C)CC(NCCc2ccsc2)c2ccccc2O1. The van der Waals surface area contributed by atoms with Crippen molar-refractivity contribution >= 4 is 11.3 Å². The Balaban J connectivity index is 1.69. The molecule has 3 heteroatoms. The van der Waals surface area contributed by atoms with Crippen molar-refractivity contribution in [2.24, 2.45) is 0 Å². The van der Waals surface area contributed by atoms with Crippen LogP contribution in [0, 0.1) is 0 Å². The number of hydrogen-bond donors (Lipinski definition) is 1. The average Bonchev–Trinajstić information content (AvgIpc) is 2.90. The molecule has 1 aliphatic rings.